The van der Waals surface area contributed by atoms with Gasteiger partial charge in [-0.05, 0) is 12.1 Å². The summed E-state index contributed by atoms with van der Waals surface area (Å²) in [6, 6.07) is 16.0. The summed E-state index contributed by atoms with van der Waals surface area (Å²) in [6.45, 7) is 4.46. The maximum atomic E-state index is 5.95. The van der Waals surface area contributed by atoms with Gasteiger partial charge in [-0.3, -0.25) is 4.90 Å². The van der Waals surface area contributed by atoms with Crippen molar-refractivity contribution >= 4 is 5.69 Å². The molecule has 1 fully saturated rings. The zero-order chi connectivity index (χ0) is 19.3. The third kappa shape index (κ3) is 3.97. The lowest BCUT2D eigenvalue weighted by Crippen LogP contribution is -2.46. The molecule has 0 unspecified atom stereocenters. The molecule has 6 nitrogen and oxygen atoms in total. The molecule has 0 spiro atoms. The van der Waals surface area contributed by atoms with E-state index in [4.69, 9.17) is 13.9 Å². The van der Waals surface area contributed by atoms with Gasteiger partial charge < -0.3 is 18.8 Å². The highest BCUT2D eigenvalue weighted by Gasteiger charge is 2.21. The third-order valence-corrected chi connectivity index (χ3v) is 5.07. The van der Waals surface area contributed by atoms with Crippen LogP contribution in [0.4, 0.5) is 5.69 Å². The molecule has 1 aliphatic heterocycles. The average Bonchev–Trinajstić information content (AvgIpc) is 3.23. The zero-order valence-corrected chi connectivity index (χ0v) is 16.3. The Morgan fingerprint density at radius 2 is 1.75 bits per heavy atom. The molecule has 4 rings (SSSR count). The summed E-state index contributed by atoms with van der Waals surface area (Å²) in [6.07, 6.45) is 1.81. The van der Waals surface area contributed by atoms with Crippen LogP contribution in [0.1, 0.15) is 5.89 Å². The van der Waals surface area contributed by atoms with Crippen molar-refractivity contribution in [1.29, 1.82) is 0 Å². The Balaban J connectivity index is 1.37. The Labute approximate surface area is 165 Å². The largest absolute Gasteiger partial charge is 0.497 e. The van der Waals surface area contributed by atoms with Crippen LogP contribution in [0, 0.1) is 0 Å². The van der Waals surface area contributed by atoms with Crippen LogP contribution in [0.3, 0.4) is 0 Å². The Bertz CT molecular complexity index is 902. The molecule has 0 radical (unpaired) electrons. The molecule has 0 aliphatic carbocycles. The first-order valence-electron chi connectivity index (χ1n) is 9.46. The van der Waals surface area contributed by atoms with Gasteiger partial charge in [0.05, 0.1) is 32.6 Å². The van der Waals surface area contributed by atoms with Crippen molar-refractivity contribution in [2.75, 3.05) is 45.3 Å². The fourth-order valence-corrected chi connectivity index (χ4v) is 3.50. The van der Waals surface area contributed by atoms with Gasteiger partial charge in [0.15, 0.2) is 5.76 Å². The first-order valence-corrected chi connectivity index (χ1v) is 9.46. The SMILES string of the molecule is COc1ccc(N2CCN(Cc3ncc(-c4ccccc4)o3)CC2)c(OC)c1. The highest BCUT2D eigenvalue weighted by atomic mass is 16.5. The monoisotopic (exact) mass is 379 g/mol. The number of anilines is 1. The Morgan fingerprint density at radius 1 is 0.964 bits per heavy atom. The number of aromatic nitrogens is 1. The van der Waals surface area contributed by atoms with Gasteiger partial charge >= 0.3 is 0 Å². The summed E-state index contributed by atoms with van der Waals surface area (Å²) in [5.74, 6) is 3.22. The van der Waals surface area contributed by atoms with Crippen molar-refractivity contribution in [2.24, 2.45) is 0 Å². The number of rotatable bonds is 6. The lowest BCUT2D eigenvalue weighted by atomic mass is 10.2. The lowest BCUT2D eigenvalue weighted by Gasteiger charge is -2.36. The predicted octanol–water partition coefficient (Wildman–Crippen LogP) is 3.68. The van der Waals surface area contributed by atoms with Gasteiger partial charge in [0.25, 0.3) is 0 Å². The minimum Gasteiger partial charge on any atom is -0.497 e. The van der Waals surface area contributed by atoms with Crippen LogP contribution in [-0.4, -0.2) is 50.3 Å². The Kier molecular flexibility index (Phi) is 5.48. The van der Waals surface area contributed by atoms with Crippen LogP contribution in [0.2, 0.25) is 0 Å². The fourth-order valence-electron chi connectivity index (χ4n) is 3.50. The molecule has 3 aromatic rings. The van der Waals surface area contributed by atoms with E-state index in [0.717, 1.165) is 67.1 Å². The quantitative estimate of drug-likeness (QED) is 0.651. The highest BCUT2D eigenvalue weighted by Crippen LogP contribution is 2.33. The van der Waals surface area contributed by atoms with Gasteiger partial charge in [-0.25, -0.2) is 4.98 Å². The van der Waals surface area contributed by atoms with Gasteiger partial charge in [-0.2, -0.15) is 0 Å². The second kappa shape index (κ2) is 8.35. The highest BCUT2D eigenvalue weighted by molar-refractivity contribution is 5.61. The predicted molar refractivity (Wildman–Crippen MR) is 109 cm³/mol. The summed E-state index contributed by atoms with van der Waals surface area (Å²) in [4.78, 5) is 9.17. The molecule has 1 saturated heterocycles. The maximum Gasteiger partial charge on any atom is 0.209 e. The number of piperazine rings is 1. The van der Waals surface area contributed by atoms with Crippen molar-refractivity contribution in [1.82, 2.24) is 9.88 Å². The summed E-state index contributed by atoms with van der Waals surface area (Å²) in [5.41, 5.74) is 2.16. The second-order valence-corrected chi connectivity index (χ2v) is 6.79. The smallest absolute Gasteiger partial charge is 0.209 e. The summed E-state index contributed by atoms with van der Waals surface area (Å²) in [7, 11) is 3.36. The van der Waals surface area contributed by atoms with Crippen LogP contribution in [0.25, 0.3) is 11.3 Å². The van der Waals surface area contributed by atoms with Crippen LogP contribution >= 0.6 is 0 Å². The van der Waals surface area contributed by atoms with E-state index in [2.05, 4.69) is 20.9 Å². The second-order valence-electron chi connectivity index (χ2n) is 6.79. The van der Waals surface area contributed by atoms with Crippen LogP contribution in [-0.2, 0) is 6.54 Å². The zero-order valence-electron chi connectivity index (χ0n) is 16.3. The Morgan fingerprint density at radius 3 is 2.46 bits per heavy atom. The number of methoxy groups -OCH3 is 2. The van der Waals surface area contributed by atoms with E-state index in [0.29, 0.717) is 0 Å². The molecule has 0 bridgehead atoms. The molecule has 146 valence electrons. The lowest BCUT2D eigenvalue weighted by molar-refractivity contribution is 0.226. The molecule has 0 N–H and O–H groups in total. The molecule has 1 aromatic heterocycles. The molecule has 2 aromatic carbocycles. The molecule has 0 amide bonds. The van der Waals surface area contributed by atoms with Crippen molar-refractivity contribution < 1.29 is 13.9 Å². The van der Waals surface area contributed by atoms with E-state index in [1.807, 2.05) is 48.7 Å². The topological polar surface area (TPSA) is 51.0 Å². The number of benzene rings is 2. The first kappa shape index (κ1) is 18.4. The van der Waals surface area contributed by atoms with E-state index >= 15 is 0 Å². The molecule has 0 atom stereocenters. The number of hydrogen-bond donors (Lipinski definition) is 0. The van der Waals surface area contributed by atoms with Crippen LogP contribution in [0.15, 0.2) is 59.1 Å². The molecule has 28 heavy (non-hydrogen) atoms. The summed E-state index contributed by atoms with van der Waals surface area (Å²) in [5, 5.41) is 0. The van der Waals surface area contributed by atoms with E-state index < -0.39 is 0 Å². The number of hydrogen-bond acceptors (Lipinski definition) is 6. The minimum absolute atomic E-state index is 0.723. The van der Waals surface area contributed by atoms with Gasteiger partial charge in [0.2, 0.25) is 5.89 Å². The third-order valence-electron chi connectivity index (χ3n) is 5.07. The van der Waals surface area contributed by atoms with E-state index in [-0.39, 0.29) is 0 Å². The van der Waals surface area contributed by atoms with Crippen molar-refractivity contribution in [3.8, 4) is 22.8 Å². The fraction of sp³-hybridized carbons (Fsp3) is 0.318. The van der Waals surface area contributed by atoms with Crippen molar-refractivity contribution in [3.05, 3.63) is 60.6 Å². The maximum absolute atomic E-state index is 5.95. The minimum atomic E-state index is 0.723. The summed E-state index contributed by atoms with van der Waals surface area (Å²) < 4.78 is 16.8. The molecular formula is C22H25N3O3. The standard InChI is InChI=1S/C22H25N3O3/c1-26-18-8-9-19(20(14-18)27-2)25-12-10-24(11-13-25)16-22-23-15-21(28-22)17-6-4-3-5-7-17/h3-9,14-15H,10-13,16H2,1-2H3. The van der Waals surface area contributed by atoms with Crippen molar-refractivity contribution in [3.63, 3.8) is 0 Å². The van der Waals surface area contributed by atoms with Gasteiger partial charge in [-0.15, -0.1) is 0 Å². The molecule has 6 heteroatoms. The van der Waals surface area contributed by atoms with Gasteiger partial charge in [0.1, 0.15) is 11.5 Å². The van der Waals surface area contributed by atoms with Crippen LogP contribution in [0.5, 0.6) is 11.5 Å². The Hall–Kier alpha value is -2.99. The number of nitrogens with zero attached hydrogens (tertiary/aromatic N) is 3. The van der Waals surface area contributed by atoms with Gasteiger partial charge in [0, 0.05) is 37.8 Å². The molecule has 2 heterocycles. The number of ether oxygens (including phenoxy) is 2. The number of oxazole rings is 1. The average molecular weight is 379 g/mol. The molecule has 1 aliphatic rings. The summed E-state index contributed by atoms with van der Waals surface area (Å²) >= 11 is 0. The van der Waals surface area contributed by atoms with E-state index in [9.17, 15) is 0 Å². The first-order chi connectivity index (χ1) is 13.8. The van der Waals surface area contributed by atoms with E-state index in [1.165, 1.54) is 0 Å². The normalized spacial score (nSPS) is 14.9. The van der Waals surface area contributed by atoms with Crippen molar-refractivity contribution in [2.45, 2.75) is 6.54 Å². The molecular weight excluding hydrogens is 354 g/mol. The molecule has 0 saturated carbocycles. The van der Waals surface area contributed by atoms with Crippen LogP contribution < -0.4 is 14.4 Å². The van der Waals surface area contributed by atoms with E-state index in [1.54, 1.807) is 14.2 Å². The van der Waals surface area contributed by atoms with Gasteiger partial charge in [-0.1, -0.05) is 30.3 Å².